The third-order valence-electron chi connectivity index (χ3n) is 5.41. The fraction of sp³-hybridized carbons (Fsp3) is 0.304. The van der Waals surface area contributed by atoms with Crippen LogP contribution in [0.25, 0.3) is 11.3 Å². The van der Waals surface area contributed by atoms with Crippen LogP contribution in [-0.2, 0) is 0 Å². The van der Waals surface area contributed by atoms with Gasteiger partial charge in [-0.25, -0.2) is 4.39 Å². The number of hydrogen-bond acceptors (Lipinski definition) is 5. The van der Waals surface area contributed by atoms with Gasteiger partial charge in [0, 0.05) is 36.8 Å². The van der Waals surface area contributed by atoms with Crippen LogP contribution in [-0.4, -0.2) is 49.5 Å². The van der Waals surface area contributed by atoms with Crippen LogP contribution in [0.3, 0.4) is 0 Å². The third kappa shape index (κ3) is 4.79. The summed E-state index contributed by atoms with van der Waals surface area (Å²) in [4.78, 5) is 15.0. The number of carbonyl (C=O) groups excluding carboxylic acids is 1. The van der Waals surface area contributed by atoms with E-state index in [0.29, 0.717) is 23.6 Å². The predicted octanol–water partition coefficient (Wildman–Crippen LogP) is 3.63. The Labute approximate surface area is 180 Å². The van der Waals surface area contributed by atoms with Gasteiger partial charge in [-0.3, -0.25) is 9.89 Å². The molecule has 3 aromatic rings. The molecule has 1 unspecified atom stereocenters. The van der Waals surface area contributed by atoms with Gasteiger partial charge in [0.2, 0.25) is 0 Å². The minimum Gasteiger partial charge on any atom is -0.497 e. The molecule has 1 aliphatic heterocycles. The molecule has 0 aliphatic carbocycles. The normalized spacial score (nSPS) is 16.1. The summed E-state index contributed by atoms with van der Waals surface area (Å²) in [5, 5.41) is 10.5. The van der Waals surface area contributed by atoms with Crippen molar-refractivity contribution in [1.82, 2.24) is 15.5 Å². The van der Waals surface area contributed by atoms with E-state index in [4.69, 9.17) is 9.47 Å². The Kier molecular flexibility index (Phi) is 6.06. The van der Waals surface area contributed by atoms with E-state index in [1.54, 1.807) is 44.6 Å². The number of halogens is 1. The fourth-order valence-electron chi connectivity index (χ4n) is 3.76. The molecule has 0 spiro atoms. The molecule has 8 heteroatoms. The van der Waals surface area contributed by atoms with E-state index in [1.165, 1.54) is 12.1 Å². The Morgan fingerprint density at radius 2 is 1.84 bits per heavy atom. The predicted molar refractivity (Wildman–Crippen MR) is 116 cm³/mol. The van der Waals surface area contributed by atoms with Crippen LogP contribution in [0, 0.1) is 5.82 Å². The van der Waals surface area contributed by atoms with Crippen molar-refractivity contribution in [2.45, 2.75) is 18.9 Å². The molecule has 1 aliphatic rings. The lowest BCUT2D eigenvalue weighted by Crippen LogP contribution is -2.48. The summed E-state index contributed by atoms with van der Waals surface area (Å²) in [5.74, 6) is 1.50. The molecule has 1 aromatic heterocycles. The highest BCUT2D eigenvalue weighted by Gasteiger charge is 2.24. The minimum absolute atomic E-state index is 0.00980. The van der Waals surface area contributed by atoms with Crippen molar-refractivity contribution < 1.29 is 18.7 Å². The van der Waals surface area contributed by atoms with Gasteiger partial charge in [0.05, 0.1) is 19.9 Å². The molecule has 31 heavy (non-hydrogen) atoms. The van der Waals surface area contributed by atoms with Crippen LogP contribution in [0.2, 0.25) is 0 Å². The number of aromatic nitrogens is 2. The molecule has 0 radical (unpaired) electrons. The van der Waals surface area contributed by atoms with E-state index in [-0.39, 0.29) is 17.8 Å². The van der Waals surface area contributed by atoms with E-state index in [1.807, 2.05) is 6.07 Å². The van der Waals surface area contributed by atoms with E-state index in [9.17, 15) is 9.18 Å². The van der Waals surface area contributed by atoms with Gasteiger partial charge in [0.15, 0.2) is 5.82 Å². The van der Waals surface area contributed by atoms with Crippen molar-refractivity contribution in [3.63, 3.8) is 0 Å². The van der Waals surface area contributed by atoms with Crippen LogP contribution >= 0.6 is 0 Å². The first kappa shape index (κ1) is 20.7. The third-order valence-corrected chi connectivity index (χ3v) is 5.41. The van der Waals surface area contributed by atoms with Gasteiger partial charge in [0.1, 0.15) is 17.3 Å². The van der Waals surface area contributed by atoms with Gasteiger partial charge >= 0.3 is 0 Å². The van der Waals surface area contributed by atoms with Gasteiger partial charge in [-0.1, -0.05) is 0 Å². The molecule has 1 saturated heterocycles. The molecular weight excluding hydrogens is 399 g/mol. The quantitative estimate of drug-likeness (QED) is 0.632. The number of nitrogens with zero attached hydrogens (tertiary/aromatic N) is 2. The monoisotopic (exact) mass is 424 g/mol. The second-order valence-electron chi connectivity index (χ2n) is 7.51. The molecule has 0 bridgehead atoms. The first-order valence-electron chi connectivity index (χ1n) is 10.2. The standard InChI is InChI=1S/C23H25FN4O3/c1-30-19-10-16(11-20(12-19)31-2)23(29)25-18-4-3-9-28(14-18)22-13-21(26-27-22)15-5-7-17(24)8-6-15/h5-8,10-13,18H,3-4,9,14H2,1-2H3,(H,25,29)(H,26,27). The summed E-state index contributed by atoms with van der Waals surface area (Å²) in [6.45, 7) is 1.51. The number of anilines is 1. The van der Waals surface area contributed by atoms with Crippen LogP contribution in [0.15, 0.2) is 48.5 Å². The van der Waals surface area contributed by atoms with Gasteiger partial charge in [-0.05, 0) is 54.8 Å². The molecule has 4 rings (SSSR count). The van der Waals surface area contributed by atoms with Crippen molar-refractivity contribution in [2.75, 3.05) is 32.2 Å². The highest BCUT2D eigenvalue weighted by molar-refractivity contribution is 5.95. The number of amides is 1. The highest BCUT2D eigenvalue weighted by atomic mass is 19.1. The average Bonchev–Trinajstić information content (AvgIpc) is 3.29. The molecule has 7 nitrogen and oxygen atoms in total. The molecule has 2 heterocycles. The Balaban J connectivity index is 1.43. The summed E-state index contributed by atoms with van der Waals surface area (Å²) in [7, 11) is 3.11. The molecule has 1 amide bonds. The number of piperidine rings is 1. The molecule has 2 aromatic carbocycles. The number of methoxy groups -OCH3 is 2. The minimum atomic E-state index is -0.272. The smallest absolute Gasteiger partial charge is 0.251 e. The Morgan fingerprint density at radius 1 is 1.13 bits per heavy atom. The second kappa shape index (κ2) is 9.07. The first-order valence-corrected chi connectivity index (χ1v) is 10.2. The van der Waals surface area contributed by atoms with Gasteiger partial charge in [-0.15, -0.1) is 0 Å². The van der Waals surface area contributed by atoms with Crippen molar-refractivity contribution in [1.29, 1.82) is 0 Å². The van der Waals surface area contributed by atoms with E-state index < -0.39 is 0 Å². The Hall–Kier alpha value is -3.55. The summed E-state index contributed by atoms with van der Waals surface area (Å²) in [5.41, 5.74) is 2.19. The number of carbonyl (C=O) groups is 1. The fourth-order valence-corrected chi connectivity index (χ4v) is 3.76. The van der Waals surface area contributed by atoms with Gasteiger partial charge in [0.25, 0.3) is 5.91 Å². The van der Waals surface area contributed by atoms with Crippen molar-refractivity contribution in [3.8, 4) is 22.8 Å². The number of aromatic amines is 1. The van der Waals surface area contributed by atoms with Crippen LogP contribution in [0.4, 0.5) is 10.2 Å². The van der Waals surface area contributed by atoms with Crippen LogP contribution in [0.1, 0.15) is 23.2 Å². The lowest BCUT2D eigenvalue weighted by Gasteiger charge is -2.33. The van der Waals surface area contributed by atoms with E-state index in [2.05, 4.69) is 20.4 Å². The maximum absolute atomic E-state index is 13.2. The maximum atomic E-state index is 13.2. The van der Waals surface area contributed by atoms with Crippen molar-refractivity contribution in [2.24, 2.45) is 0 Å². The summed E-state index contributed by atoms with van der Waals surface area (Å²) in [6, 6.07) is 13.3. The maximum Gasteiger partial charge on any atom is 0.251 e. The highest BCUT2D eigenvalue weighted by Crippen LogP contribution is 2.25. The number of nitrogens with one attached hydrogen (secondary N) is 2. The molecule has 2 N–H and O–H groups in total. The largest absolute Gasteiger partial charge is 0.497 e. The number of ether oxygens (including phenoxy) is 2. The summed E-state index contributed by atoms with van der Waals surface area (Å²) < 4.78 is 23.7. The topological polar surface area (TPSA) is 79.5 Å². The SMILES string of the molecule is COc1cc(OC)cc(C(=O)NC2CCCN(c3cc(-c4ccc(F)cc4)[nH]n3)C2)c1. The molecule has 1 atom stereocenters. The summed E-state index contributed by atoms with van der Waals surface area (Å²) in [6.07, 6.45) is 1.82. The number of rotatable bonds is 6. The van der Waals surface area contributed by atoms with Gasteiger partial charge < -0.3 is 19.7 Å². The number of hydrogen-bond donors (Lipinski definition) is 2. The van der Waals surface area contributed by atoms with E-state index in [0.717, 1.165) is 36.5 Å². The Bertz CT molecular complexity index is 1030. The molecule has 162 valence electrons. The number of H-pyrrole nitrogens is 1. The van der Waals surface area contributed by atoms with Crippen LogP contribution in [0.5, 0.6) is 11.5 Å². The Morgan fingerprint density at radius 3 is 2.52 bits per heavy atom. The zero-order valence-corrected chi connectivity index (χ0v) is 17.5. The summed E-state index contributed by atoms with van der Waals surface area (Å²) >= 11 is 0. The first-order chi connectivity index (χ1) is 15.1. The second-order valence-corrected chi connectivity index (χ2v) is 7.51. The van der Waals surface area contributed by atoms with E-state index >= 15 is 0 Å². The lowest BCUT2D eigenvalue weighted by atomic mass is 10.0. The average molecular weight is 424 g/mol. The number of benzene rings is 2. The molecule has 1 fully saturated rings. The zero-order valence-electron chi connectivity index (χ0n) is 17.5. The van der Waals surface area contributed by atoms with Crippen molar-refractivity contribution in [3.05, 3.63) is 59.9 Å². The zero-order chi connectivity index (χ0) is 21.8. The lowest BCUT2D eigenvalue weighted by molar-refractivity contribution is 0.0932. The molecule has 0 saturated carbocycles. The molecular formula is C23H25FN4O3. The van der Waals surface area contributed by atoms with Crippen LogP contribution < -0.4 is 19.7 Å². The van der Waals surface area contributed by atoms with Gasteiger partial charge in [-0.2, -0.15) is 5.10 Å². The van der Waals surface area contributed by atoms with Crippen molar-refractivity contribution >= 4 is 11.7 Å².